The van der Waals surface area contributed by atoms with E-state index in [9.17, 15) is 10.2 Å². The van der Waals surface area contributed by atoms with Crippen LogP contribution in [0.3, 0.4) is 0 Å². The predicted molar refractivity (Wildman–Crippen MR) is 80.1 cm³/mol. The summed E-state index contributed by atoms with van der Waals surface area (Å²) in [5.41, 5.74) is 0. The highest BCUT2D eigenvalue weighted by Crippen LogP contribution is 2.19. The third-order valence-corrected chi connectivity index (χ3v) is 6.10. The van der Waals surface area contributed by atoms with Gasteiger partial charge in [-0.05, 0) is 41.0 Å². The highest BCUT2D eigenvalue weighted by molar-refractivity contribution is 6.60. The fraction of sp³-hybridized carbons (Fsp3) is 1.00. The second-order valence-electron chi connectivity index (χ2n) is 4.59. The zero-order valence-electron chi connectivity index (χ0n) is 13.5. The van der Waals surface area contributed by atoms with Crippen LogP contribution < -0.4 is 0 Å². The first kappa shape index (κ1) is 20.0. The van der Waals surface area contributed by atoms with Crippen molar-refractivity contribution in [3.63, 3.8) is 0 Å². The largest absolute Gasteiger partial charge is 0.500 e. The van der Waals surface area contributed by atoms with E-state index >= 15 is 0 Å². The van der Waals surface area contributed by atoms with E-state index in [0.717, 1.165) is 6.42 Å². The van der Waals surface area contributed by atoms with Gasteiger partial charge in [-0.1, -0.05) is 0 Å². The summed E-state index contributed by atoms with van der Waals surface area (Å²) < 4.78 is 17.3. The summed E-state index contributed by atoms with van der Waals surface area (Å²) in [6.07, 6.45) is -0.628. The molecular formula is C13H31NO5Si. The topological polar surface area (TPSA) is 71.4 Å². The maximum Gasteiger partial charge on any atom is 0.500 e. The van der Waals surface area contributed by atoms with E-state index < -0.39 is 21.3 Å². The Morgan fingerprint density at radius 3 is 1.60 bits per heavy atom. The molecule has 2 N–H and O–H groups in total. The van der Waals surface area contributed by atoms with Gasteiger partial charge in [-0.25, -0.2) is 0 Å². The van der Waals surface area contributed by atoms with Crippen molar-refractivity contribution in [2.45, 2.75) is 59.5 Å². The molecule has 6 nitrogen and oxygen atoms in total. The van der Waals surface area contributed by atoms with Crippen LogP contribution >= 0.6 is 0 Å². The molecule has 0 spiro atoms. The molecule has 0 aliphatic carbocycles. The standard InChI is InChI=1S/C13H31NO5Si/c1-6-17-20(18-7-2,19-8-3)11-9-10-14(12(4)15)13(5)16/h12-13,15-16H,6-11H2,1-5H3. The van der Waals surface area contributed by atoms with E-state index in [1.807, 2.05) is 20.8 Å². The summed E-state index contributed by atoms with van der Waals surface area (Å²) in [7, 11) is -2.62. The monoisotopic (exact) mass is 309 g/mol. The van der Waals surface area contributed by atoms with Gasteiger partial charge in [0.25, 0.3) is 0 Å². The smallest absolute Gasteiger partial charge is 0.379 e. The van der Waals surface area contributed by atoms with Crippen molar-refractivity contribution in [1.29, 1.82) is 0 Å². The lowest BCUT2D eigenvalue weighted by molar-refractivity contribution is -0.0842. The van der Waals surface area contributed by atoms with Crippen molar-refractivity contribution in [2.24, 2.45) is 0 Å². The van der Waals surface area contributed by atoms with Crippen LogP contribution in [0.4, 0.5) is 0 Å². The van der Waals surface area contributed by atoms with Gasteiger partial charge >= 0.3 is 8.80 Å². The molecule has 0 aliphatic rings. The number of aliphatic hydroxyl groups is 2. The van der Waals surface area contributed by atoms with E-state index in [2.05, 4.69) is 0 Å². The summed E-state index contributed by atoms with van der Waals surface area (Å²) in [4.78, 5) is 1.61. The molecule has 0 bridgehead atoms. The fourth-order valence-corrected chi connectivity index (χ4v) is 4.76. The molecule has 2 unspecified atom stereocenters. The first-order chi connectivity index (χ1) is 9.42. The van der Waals surface area contributed by atoms with E-state index in [1.165, 1.54) is 0 Å². The molecule has 2 atom stereocenters. The summed E-state index contributed by atoms with van der Waals surface area (Å²) in [5, 5.41) is 19.2. The van der Waals surface area contributed by atoms with Crippen LogP contribution in [0, 0.1) is 0 Å². The number of aliphatic hydroxyl groups excluding tert-OH is 2. The molecule has 7 heteroatoms. The van der Waals surface area contributed by atoms with Crippen LogP contribution in [-0.2, 0) is 13.3 Å². The van der Waals surface area contributed by atoms with Gasteiger partial charge in [0.05, 0.1) is 0 Å². The van der Waals surface area contributed by atoms with E-state index in [0.29, 0.717) is 32.4 Å². The number of nitrogens with zero attached hydrogens (tertiary/aromatic N) is 1. The van der Waals surface area contributed by atoms with Crippen molar-refractivity contribution in [1.82, 2.24) is 4.90 Å². The molecule has 122 valence electrons. The van der Waals surface area contributed by atoms with Gasteiger partial charge in [0, 0.05) is 32.4 Å². The molecule has 0 aromatic heterocycles. The second-order valence-corrected chi connectivity index (χ2v) is 7.32. The Labute approximate surface area is 124 Å². The maximum atomic E-state index is 9.61. The SMILES string of the molecule is CCO[Si](CCCN(C(C)O)C(C)O)(OCC)OCC. The Bertz CT molecular complexity index is 216. The average Bonchev–Trinajstić information content (AvgIpc) is 2.34. The van der Waals surface area contributed by atoms with Gasteiger partial charge in [0.2, 0.25) is 0 Å². The Morgan fingerprint density at radius 2 is 1.30 bits per heavy atom. The molecule has 0 saturated heterocycles. The van der Waals surface area contributed by atoms with Crippen molar-refractivity contribution < 1.29 is 23.5 Å². The minimum absolute atomic E-state index is 0.558. The Balaban J connectivity index is 4.50. The summed E-state index contributed by atoms with van der Waals surface area (Å²) >= 11 is 0. The van der Waals surface area contributed by atoms with Crippen LogP contribution in [0.5, 0.6) is 0 Å². The van der Waals surface area contributed by atoms with Crippen molar-refractivity contribution >= 4 is 8.80 Å². The molecule has 0 amide bonds. The quantitative estimate of drug-likeness (QED) is 0.419. The highest BCUT2D eigenvalue weighted by Gasteiger charge is 2.39. The minimum atomic E-state index is -2.62. The summed E-state index contributed by atoms with van der Waals surface area (Å²) in [6.45, 7) is 11.3. The highest BCUT2D eigenvalue weighted by atomic mass is 28.4. The summed E-state index contributed by atoms with van der Waals surface area (Å²) in [5.74, 6) is 0. The summed E-state index contributed by atoms with van der Waals surface area (Å²) in [6, 6.07) is 0.679. The van der Waals surface area contributed by atoms with E-state index in [-0.39, 0.29) is 0 Å². The molecule has 0 saturated carbocycles. The number of rotatable bonds is 12. The van der Waals surface area contributed by atoms with Crippen molar-refractivity contribution in [3.05, 3.63) is 0 Å². The molecule has 0 aromatic carbocycles. The molecule has 20 heavy (non-hydrogen) atoms. The van der Waals surface area contributed by atoms with Gasteiger partial charge in [0.1, 0.15) is 12.5 Å². The lowest BCUT2D eigenvalue weighted by Crippen LogP contribution is -2.47. The number of hydrogen-bond donors (Lipinski definition) is 2. The third-order valence-electron chi connectivity index (χ3n) is 2.95. The lowest BCUT2D eigenvalue weighted by atomic mass is 10.3. The van der Waals surface area contributed by atoms with Crippen molar-refractivity contribution in [2.75, 3.05) is 26.4 Å². The van der Waals surface area contributed by atoms with Crippen LogP contribution in [0.25, 0.3) is 0 Å². The Kier molecular flexibility index (Phi) is 10.7. The van der Waals surface area contributed by atoms with Gasteiger partial charge in [-0.3, -0.25) is 4.90 Å². The van der Waals surface area contributed by atoms with Crippen LogP contribution in [0.1, 0.15) is 41.0 Å². The Morgan fingerprint density at radius 1 is 0.900 bits per heavy atom. The molecule has 0 aliphatic heterocycles. The van der Waals surface area contributed by atoms with Gasteiger partial charge < -0.3 is 23.5 Å². The molecular weight excluding hydrogens is 278 g/mol. The molecule has 0 heterocycles. The van der Waals surface area contributed by atoms with Crippen molar-refractivity contribution in [3.8, 4) is 0 Å². The van der Waals surface area contributed by atoms with E-state index in [4.69, 9.17) is 13.3 Å². The van der Waals surface area contributed by atoms with Gasteiger partial charge in [0.15, 0.2) is 0 Å². The molecule has 0 fully saturated rings. The fourth-order valence-electron chi connectivity index (χ4n) is 2.17. The zero-order valence-corrected chi connectivity index (χ0v) is 14.5. The Hall–Kier alpha value is -0.0231. The predicted octanol–water partition coefficient (Wildman–Crippen LogP) is 1.40. The first-order valence-corrected chi connectivity index (χ1v) is 9.39. The molecule has 0 rings (SSSR count). The van der Waals surface area contributed by atoms with Gasteiger partial charge in [-0.2, -0.15) is 0 Å². The normalized spacial score (nSPS) is 15.6. The number of hydrogen-bond acceptors (Lipinski definition) is 6. The average molecular weight is 309 g/mol. The van der Waals surface area contributed by atoms with Crippen LogP contribution in [0.2, 0.25) is 6.04 Å². The lowest BCUT2D eigenvalue weighted by Gasteiger charge is -2.31. The molecule has 0 aromatic rings. The van der Waals surface area contributed by atoms with Gasteiger partial charge in [-0.15, -0.1) is 0 Å². The second kappa shape index (κ2) is 10.7. The van der Waals surface area contributed by atoms with E-state index in [1.54, 1.807) is 18.7 Å². The zero-order chi connectivity index (χ0) is 15.6. The minimum Gasteiger partial charge on any atom is -0.379 e. The first-order valence-electron chi connectivity index (χ1n) is 7.46. The maximum absolute atomic E-state index is 9.61. The molecule has 0 radical (unpaired) electrons. The third kappa shape index (κ3) is 7.12. The van der Waals surface area contributed by atoms with Crippen LogP contribution in [-0.4, -0.2) is 62.7 Å². The van der Waals surface area contributed by atoms with Crippen LogP contribution in [0.15, 0.2) is 0 Å².